The SMILES string of the molecule is C=CC(=O)C(=O)C(CC)CC. The third-order valence-corrected chi connectivity index (χ3v) is 1.78. The Balaban J connectivity index is 4.20. The summed E-state index contributed by atoms with van der Waals surface area (Å²) in [6.07, 6.45) is 2.55. The number of ketones is 2. The zero-order chi connectivity index (χ0) is 8.85. The lowest BCUT2D eigenvalue weighted by Gasteiger charge is -2.06. The Hall–Kier alpha value is -0.920. The molecule has 0 rings (SSSR count). The minimum Gasteiger partial charge on any atom is -0.290 e. The smallest absolute Gasteiger partial charge is 0.221 e. The van der Waals surface area contributed by atoms with Gasteiger partial charge in [0, 0.05) is 5.92 Å². The molecule has 0 unspecified atom stereocenters. The molecule has 0 saturated heterocycles. The minimum absolute atomic E-state index is 0.111. The first-order valence-electron chi connectivity index (χ1n) is 3.87. The van der Waals surface area contributed by atoms with Crippen molar-refractivity contribution in [1.29, 1.82) is 0 Å². The number of hydrogen-bond donors (Lipinski definition) is 0. The van der Waals surface area contributed by atoms with Gasteiger partial charge >= 0.3 is 0 Å². The first kappa shape index (κ1) is 10.1. The van der Waals surface area contributed by atoms with E-state index in [2.05, 4.69) is 6.58 Å². The van der Waals surface area contributed by atoms with Crippen LogP contribution in [0.3, 0.4) is 0 Å². The van der Waals surface area contributed by atoms with Gasteiger partial charge in [-0.3, -0.25) is 9.59 Å². The monoisotopic (exact) mass is 154 g/mol. The topological polar surface area (TPSA) is 34.1 Å². The standard InChI is InChI=1S/C9H14O2/c1-4-7(5-2)9(11)8(10)6-3/h6-7H,3-5H2,1-2H3. The number of rotatable bonds is 5. The van der Waals surface area contributed by atoms with Gasteiger partial charge in [-0.05, 0) is 18.9 Å². The highest BCUT2D eigenvalue weighted by Gasteiger charge is 2.18. The number of carbonyl (C=O) groups is 2. The molecule has 0 amide bonds. The van der Waals surface area contributed by atoms with Crippen LogP contribution in [-0.4, -0.2) is 11.6 Å². The molecule has 0 saturated carbocycles. The van der Waals surface area contributed by atoms with Gasteiger partial charge in [0.1, 0.15) is 0 Å². The van der Waals surface area contributed by atoms with Crippen molar-refractivity contribution in [2.75, 3.05) is 0 Å². The maximum atomic E-state index is 11.1. The summed E-state index contributed by atoms with van der Waals surface area (Å²) < 4.78 is 0. The van der Waals surface area contributed by atoms with Gasteiger partial charge in [0.15, 0.2) is 0 Å². The van der Waals surface area contributed by atoms with E-state index in [0.29, 0.717) is 0 Å². The maximum absolute atomic E-state index is 11.1. The quantitative estimate of drug-likeness (QED) is 0.446. The molecular weight excluding hydrogens is 140 g/mol. The molecule has 62 valence electrons. The molecule has 11 heavy (non-hydrogen) atoms. The van der Waals surface area contributed by atoms with Crippen LogP contribution in [-0.2, 0) is 9.59 Å². The van der Waals surface area contributed by atoms with E-state index in [1.54, 1.807) is 0 Å². The van der Waals surface area contributed by atoms with Gasteiger partial charge in [-0.15, -0.1) is 0 Å². The average Bonchev–Trinajstić information content (AvgIpc) is 2.05. The highest BCUT2D eigenvalue weighted by atomic mass is 16.2. The van der Waals surface area contributed by atoms with Crippen molar-refractivity contribution in [2.24, 2.45) is 5.92 Å². The Kier molecular flexibility index (Phi) is 4.42. The largest absolute Gasteiger partial charge is 0.290 e. The van der Waals surface area contributed by atoms with Crippen molar-refractivity contribution in [3.8, 4) is 0 Å². The summed E-state index contributed by atoms with van der Waals surface area (Å²) in [4.78, 5) is 21.9. The zero-order valence-corrected chi connectivity index (χ0v) is 7.09. The summed E-state index contributed by atoms with van der Waals surface area (Å²) in [5, 5.41) is 0. The second-order valence-electron chi connectivity index (χ2n) is 2.45. The number of Topliss-reactive ketones (excluding diaryl/α,β-unsaturated/α-hetero) is 1. The van der Waals surface area contributed by atoms with E-state index in [1.807, 2.05) is 13.8 Å². The summed E-state index contributed by atoms with van der Waals surface area (Å²) in [5.74, 6) is -0.871. The van der Waals surface area contributed by atoms with Gasteiger partial charge < -0.3 is 0 Å². The van der Waals surface area contributed by atoms with Crippen molar-refractivity contribution in [1.82, 2.24) is 0 Å². The fourth-order valence-corrected chi connectivity index (χ4v) is 0.961. The third kappa shape index (κ3) is 2.66. The Morgan fingerprint density at radius 2 is 1.82 bits per heavy atom. The van der Waals surface area contributed by atoms with E-state index in [9.17, 15) is 9.59 Å². The summed E-state index contributed by atoms with van der Waals surface area (Å²) in [7, 11) is 0. The molecule has 0 aromatic rings. The summed E-state index contributed by atoms with van der Waals surface area (Å²) in [6.45, 7) is 7.07. The van der Waals surface area contributed by atoms with Gasteiger partial charge in [-0.2, -0.15) is 0 Å². The summed E-state index contributed by atoms with van der Waals surface area (Å²) in [6, 6.07) is 0. The molecule has 0 spiro atoms. The summed E-state index contributed by atoms with van der Waals surface area (Å²) in [5.41, 5.74) is 0. The molecule has 0 aromatic carbocycles. The molecule has 0 aliphatic carbocycles. The van der Waals surface area contributed by atoms with Gasteiger partial charge in [-0.25, -0.2) is 0 Å². The zero-order valence-electron chi connectivity index (χ0n) is 7.09. The molecule has 0 fully saturated rings. The highest BCUT2D eigenvalue weighted by molar-refractivity contribution is 6.42. The van der Waals surface area contributed by atoms with Crippen LogP contribution in [0.2, 0.25) is 0 Å². The van der Waals surface area contributed by atoms with Gasteiger partial charge in [0.05, 0.1) is 0 Å². The molecule has 0 aromatic heterocycles. The van der Waals surface area contributed by atoms with Crippen LogP contribution in [0.25, 0.3) is 0 Å². The van der Waals surface area contributed by atoms with Crippen LogP contribution in [0, 0.1) is 5.92 Å². The predicted molar refractivity (Wildman–Crippen MR) is 44.3 cm³/mol. The minimum atomic E-state index is -0.460. The Labute approximate surface area is 67.3 Å². The number of carbonyl (C=O) groups excluding carboxylic acids is 2. The maximum Gasteiger partial charge on any atom is 0.221 e. The van der Waals surface area contributed by atoms with Crippen molar-refractivity contribution < 1.29 is 9.59 Å². The van der Waals surface area contributed by atoms with Crippen molar-refractivity contribution in [3.05, 3.63) is 12.7 Å². The molecule has 0 radical (unpaired) electrons. The molecule has 0 aliphatic heterocycles. The lowest BCUT2D eigenvalue weighted by atomic mass is 9.95. The van der Waals surface area contributed by atoms with Crippen LogP contribution < -0.4 is 0 Å². The van der Waals surface area contributed by atoms with E-state index in [0.717, 1.165) is 18.9 Å². The van der Waals surface area contributed by atoms with Crippen LogP contribution in [0.4, 0.5) is 0 Å². The second kappa shape index (κ2) is 4.83. The highest BCUT2D eigenvalue weighted by Crippen LogP contribution is 2.09. The number of hydrogen-bond acceptors (Lipinski definition) is 2. The Morgan fingerprint density at radius 1 is 1.36 bits per heavy atom. The van der Waals surface area contributed by atoms with E-state index >= 15 is 0 Å². The lowest BCUT2D eigenvalue weighted by Crippen LogP contribution is -2.20. The molecule has 2 nitrogen and oxygen atoms in total. The van der Waals surface area contributed by atoms with Crippen LogP contribution in [0.1, 0.15) is 26.7 Å². The van der Waals surface area contributed by atoms with Crippen LogP contribution >= 0.6 is 0 Å². The normalized spacial score (nSPS) is 9.73. The number of allylic oxidation sites excluding steroid dienone is 1. The predicted octanol–water partition coefficient (Wildman–Crippen LogP) is 1.75. The fourth-order valence-electron chi connectivity index (χ4n) is 0.961. The third-order valence-electron chi connectivity index (χ3n) is 1.78. The van der Waals surface area contributed by atoms with Gasteiger partial charge in [0.25, 0.3) is 0 Å². The second-order valence-corrected chi connectivity index (χ2v) is 2.45. The molecule has 0 heterocycles. The molecule has 0 N–H and O–H groups in total. The van der Waals surface area contributed by atoms with E-state index < -0.39 is 5.78 Å². The van der Waals surface area contributed by atoms with Crippen molar-refractivity contribution in [2.45, 2.75) is 26.7 Å². The molecule has 0 atom stereocenters. The molecule has 0 aliphatic rings. The van der Waals surface area contributed by atoms with Crippen molar-refractivity contribution >= 4 is 11.6 Å². The van der Waals surface area contributed by atoms with Gasteiger partial charge in [-0.1, -0.05) is 20.4 Å². The molecule has 2 heteroatoms. The lowest BCUT2D eigenvalue weighted by molar-refractivity contribution is -0.136. The van der Waals surface area contributed by atoms with Crippen LogP contribution in [0.15, 0.2) is 12.7 Å². The van der Waals surface area contributed by atoms with Crippen molar-refractivity contribution in [3.63, 3.8) is 0 Å². The molecule has 0 bridgehead atoms. The summed E-state index contributed by atoms with van der Waals surface area (Å²) >= 11 is 0. The fraction of sp³-hybridized carbons (Fsp3) is 0.556. The van der Waals surface area contributed by atoms with Crippen LogP contribution in [0.5, 0.6) is 0 Å². The first-order chi connectivity index (χ1) is 5.17. The van der Waals surface area contributed by atoms with E-state index in [-0.39, 0.29) is 11.7 Å². The first-order valence-corrected chi connectivity index (χ1v) is 3.87. The molecular formula is C9H14O2. The van der Waals surface area contributed by atoms with E-state index in [1.165, 1.54) is 0 Å². The Bertz CT molecular complexity index is 166. The Morgan fingerprint density at radius 3 is 2.09 bits per heavy atom. The van der Waals surface area contributed by atoms with Gasteiger partial charge in [0.2, 0.25) is 11.6 Å². The average molecular weight is 154 g/mol. The van der Waals surface area contributed by atoms with E-state index in [4.69, 9.17) is 0 Å².